The van der Waals surface area contributed by atoms with Crippen molar-refractivity contribution in [3.05, 3.63) is 23.8 Å². The van der Waals surface area contributed by atoms with Crippen LogP contribution in [0.1, 0.15) is 10.4 Å². The second-order valence-electron chi connectivity index (χ2n) is 3.67. The van der Waals surface area contributed by atoms with Crippen LogP contribution in [0.15, 0.2) is 18.2 Å². The van der Waals surface area contributed by atoms with E-state index < -0.39 is 23.6 Å². The lowest BCUT2D eigenvalue weighted by atomic mass is 10.2. The Bertz CT molecular complexity index is 476. The summed E-state index contributed by atoms with van der Waals surface area (Å²) in [4.78, 5) is 9.66. The van der Waals surface area contributed by atoms with E-state index in [4.69, 9.17) is 9.47 Å². The van der Waals surface area contributed by atoms with Crippen molar-refractivity contribution in [1.29, 1.82) is 0 Å². The molecule has 1 unspecified atom stereocenters. The van der Waals surface area contributed by atoms with E-state index in [1.54, 1.807) is 0 Å². The van der Waals surface area contributed by atoms with Crippen molar-refractivity contribution in [3.63, 3.8) is 0 Å². The molecule has 0 spiro atoms. The quantitative estimate of drug-likeness (QED) is 0.600. The summed E-state index contributed by atoms with van der Waals surface area (Å²) in [6.45, 7) is -0.680. The molecule has 112 valence electrons. The van der Waals surface area contributed by atoms with Crippen LogP contribution in [0.3, 0.4) is 0 Å². The Morgan fingerprint density at radius 3 is 2.50 bits per heavy atom. The molecule has 0 aliphatic rings. The third kappa shape index (κ3) is 4.29. The summed E-state index contributed by atoms with van der Waals surface area (Å²) >= 11 is 2.47. The van der Waals surface area contributed by atoms with E-state index in [0.717, 1.165) is 0 Å². The monoisotopic (exact) mass is 356 g/mol. The van der Waals surface area contributed by atoms with Crippen molar-refractivity contribution in [2.24, 2.45) is 0 Å². The minimum Gasteiger partial charge on any atom is -0.497 e. The van der Waals surface area contributed by atoms with Crippen LogP contribution < -0.4 is 9.47 Å². The zero-order valence-corrected chi connectivity index (χ0v) is 12.2. The number of esters is 1. The highest BCUT2D eigenvalue weighted by molar-refractivity contribution is 9.09. The van der Waals surface area contributed by atoms with Gasteiger partial charge in [-0.2, -0.15) is 13.2 Å². The van der Waals surface area contributed by atoms with Crippen molar-refractivity contribution >= 4 is 21.9 Å². The number of alkyl halides is 4. The molecule has 0 fully saturated rings. The lowest BCUT2D eigenvalue weighted by Crippen LogP contribution is -2.29. The average molecular weight is 357 g/mol. The molecule has 0 heterocycles. The first-order valence-electron chi connectivity index (χ1n) is 5.39. The smallest absolute Gasteiger partial charge is 0.404 e. The van der Waals surface area contributed by atoms with Crippen LogP contribution >= 0.6 is 15.9 Å². The number of benzene rings is 1. The third-order valence-electron chi connectivity index (χ3n) is 2.33. The van der Waals surface area contributed by atoms with Crippen LogP contribution in [-0.4, -0.2) is 37.8 Å². The van der Waals surface area contributed by atoms with Crippen molar-refractivity contribution < 1.29 is 32.2 Å². The van der Waals surface area contributed by atoms with Crippen LogP contribution in [0.25, 0.3) is 0 Å². The van der Waals surface area contributed by atoms with Crippen molar-refractivity contribution in [1.82, 2.24) is 0 Å². The van der Waals surface area contributed by atoms with Gasteiger partial charge in [0.2, 0.25) is 0 Å². The lowest BCUT2D eigenvalue weighted by molar-refractivity contribution is -0.132. The van der Waals surface area contributed by atoms with Gasteiger partial charge in [0.05, 0.1) is 14.2 Å². The maximum absolute atomic E-state index is 12.4. The van der Waals surface area contributed by atoms with Gasteiger partial charge in [0.1, 0.15) is 28.5 Å². The predicted octanol–water partition coefficient (Wildman–Crippen LogP) is 3.19. The van der Waals surface area contributed by atoms with Gasteiger partial charge in [-0.15, -0.1) is 0 Å². The Labute approximate surface area is 121 Å². The molecular weight excluding hydrogens is 345 g/mol. The Hall–Kier alpha value is -1.44. The summed E-state index contributed by atoms with van der Waals surface area (Å²) < 4.78 is 51.6. The number of hydrogen-bond acceptors (Lipinski definition) is 4. The van der Waals surface area contributed by atoms with E-state index in [0.29, 0.717) is 5.75 Å². The van der Waals surface area contributed by atoms with E-state index in [-0.39, 0.29) is 11.3 Å². The average Bonchev–Trinajstić information content (AvgIpc) is 2.42. The molecule has 1 aromatic carbocycles. The molecule has 0 saturated heterocycles. The van der Waals surface area contributed by atoms with E-state index in [2.05, 4.69) is 20.7 Å². The number of carbonyl (C=O) groups excluding carboxylic acids is 1. The molecule has 0 saturated carbocycles. The fraction of sp³-hybridized carbons (Fsp3) is 0.417. The molecule has 1 rings (SSSR count). The third-order valence-corrected chi connectivity index (χ3v) is 3.12. The predicted molar refractivity (Wildman–Crippen MR) is 68.6 cm³/mol. The molecule has 0 aliphatic heterocycles. The summed E-state index contributed by atoms with van der Waals surface area (Å²) in [6, 6.07) is 4.16. The van der Waals surface area contributed by atoms with E-state index in [1.807, 2.05) is 0 Å². The first-order valence-corrected chi connectivity index (χ1v) is 6.31. The number of methoxy groups -OCH3 is 2. The van der Waals surface area contributed by atoms with Gasteiger partial charge in [-0.3, -0.25) is 0 Å². The van der Waals surface area contributed by atoms with Crippen LogP contribution in [0.4, 0.5) is 13.2 Å². The van der Waals surface area contributed by atoms with Gasteiger partial charge in [0.25, 0.3) is 0 Å². The maximum atomic E-state index is 12.4. The lowest BCUT2D eigenvalue weighted by Gasteiger charge is -2.16. The summed E-state index contributed by atoms with van der Waals surface area (Å²) in [5.74, 6) is -0.392. The highest BCUT2D eigenvalue weighted by Gasteiger charge is 2.38. The summed E-state index contributed by atoms with van der Waals surface area (Å²) in [7, 11) is 2.55. The van der Waals surface area contributed by atoms with Gasteiger partial charge in [-0.1, -0.05) is 15.9 Å². The van der Waals surface area contributed by atoms with Gasteiger partial charge in [-0.05, 0) is 12.1 Å². The molecule has 8 heteroatoms. The van der Waals surface area contributed by atoms with E-state index >= 15 is 0 Å². The van der Waals surface area contributed by atoms with Crippen molar-refractivity contribution in [2.75, 3.05) is 20.8 Å². The Balaban J connectivity index is 2.93. The van der Waals surface area contributed by atoms with Gasteiger partial charge in [0, 0.05) is 6.07 Å². The number of carbonyl (C=O) groups is 1. The second kappa shape index (κ2) is 6.83. The van der Waals surface area contributed by atoms with Gasteiger partial charge >= 0.3 is 12.1 Å². The van der Waals surface area contributed by atoms with E-state index in [9.17, 15) is 18.0 Å². The number of ether oxygens (including phenoxy) is 3. The number of rotatable bonds is 5. The zero-order valence-electron chi connectivity index (χ0n) is 10.7. The molecule has 0 aliphatic carbocycles. The van der Waals surface area contributed by atoms with Crippen LogP contribution in [-0.2, 0) is 4.74 Å². The summed E-state index contributed by atoms with van der Waals surface area (Å²) in [5, 5.41) is 0. The molecule has 1 aromatic rings. The fourth-order valence-corrected chi connectivity index (χ4v) is 1.42. The standard InChI is InChI=1S/C12H12BrF3O4/c1-18-7-3-4-8(11(17)19-2)9(5-7)20-6-10(13)12(14,15)16/h3-5,10H,6H2,1-2H3. The number of halogens is 4. The summed E-state index contributed by atoms with van der Waals surface area (Å²) in [6.07, 6.45) is -4.44. The molecular formula is C12H12BrF3O4. The molecule has 1 atom stereocenters. The molecule has 0 amide bonds. The minimum absolute atomic E-state index is 0.0233. The SMILES string of the molecule is COC(=O)c1ccc(OC)cc1OCC(Br)C(F)(F)F. The second-order valence-corrected chi connectivity index (χ2v) is 4.78. The Morgan fingerprint density at radius 1 is 1.35 bits per heavy atom. The minimum atomic E-state index is -4.44. The molecule has 4 nitrogen and oxygen atoms in total. The van der Waals surface area contributed by atoms with Gasteiger partial charge < -0.3 is 14.2 Å². The van der Waals surface area contributed by atoms with Gasteiger partial charge in [-0.25, -0.2) is 4.79 Å². The molecule has 0 bridgehead atoms. The highest BCUT2D eigenvalue weighted by Crippen LogP contribution is 2.30. The Morgan fingerprint density at radius 2 is 2.00 bits per heavy atom. The molecule has 0 radical (unpaired) electrons. The summed E-state index contributed by atoms with van der Waals surface area (Å²) in [5.41, 5.74) is 0.0233. The first kappa shape index (κ1) is 16.6. The Kier molecular flexibility index (Phi) is 5.67. The zero-order chi connectivity index (χ0) is 15.3. The normalized spacial score (nSPS) is 12.7. The number of hydrogen-bond donors (Lipinski definition) is 0. The van der Waals surface area contributed by atoms with E-state index in [1.165, 1.54) is 32.4 Å². The fourth-order valence-electron chi connectivity index (χ4n) is 1.29. The van der Waals surface area contributed by atoms with Crippen molar-refractivity contribution in [2.45, 2.75) is 11.0 Å². The molecule has 0 N–H and O–H groups in total. The maximum Gasteiger partial charge on any atom is 0.404 e. The molecule has 0 aromatic heterocycles. The van der Waals surface area contributed by atoms with Crippen molar-refractivity contribution in [3.8, 4) is 11.5 Å². The van der Waals surface area contributed by atoms with Gasteiger partial charge in [0.15, 0.2) is 0 Å². The topological polar surface area (TPSA) is 44.8 Å². The first-order chi connectivity index (χ1) is 9.29. The highest BCUT2D eigenvalue weighted by atomic mass is 79.9. The molecule has 20 heavy (non-hydrogen) atoms. The van der Waals surface area contributed by atoms with Crippen LogP contribution in [0.5, 0.6) is 11.5 Å². The van der Waals surface area contributed by atoms with Crippen LogP contribution in [0.2, 0.25) is 0 Å². The largest absolute Gasteiger partial charge is 0.497 e. The van der Waals surface area contributed by atoms with Crippen LogP contribution in [0, 0.1) is 0 Å².